The summed E-state index contributed by atoms with van der Waals surface area (Å²) in [7, 11) is 0. The van der Waals surface area contributed by atoms with Gasteiger partial charge in [-0.3, -0.25) is 19.3 Å². The number of benzene rings is 2. The van der Waals surface area contributed by atoms with Gasteiger partial charge in [0.25, 0.3) is 11.8 Å². The van der Waals surface area contributed by atoms with Gasteiger partial charge in [-0.25, -0.2) is 0 Å². The highest BCUT2D eigenvalue weighted by Gasteiger charge is 2.43. The second-order valence-corrected chi connectivity index (χ2v) is 6.40. The molecule has 2 aromatic rings. The van der Waals surface area contributed by atoms with Crippen molar-refractivity contribution in [1.29, 1.82) is 5.26 Å². The predicted octanol–water partition coefficient (Wildman–Crippen LogP) is 2.82. The van der Waals surface area contributed by atoms with Crippen molar-refractivity contribution < 1.29 is 14.4 Å². The lowest BCUT2D eigenvalue weighted by Gasteiger charge is -2.28. The van der Waals surface area contributed by atoms with E-state index in [1.165, 1.54) is 6.07 Å². The molecule has 3 rings (SSSR count). The van der Waals surface area contributed by atoms with Crippen molar-refractivity contribution in [3.8, 4) is 6.07 Å². The third-order valence-electron chi connectivity index (χ3n) is 4.26. The number of hydrogen-bond donors (Lipinski definition) is 1. The minimum atomic E-state index is -0.951. The molecule has 130 valence electrons. The van der Waals surface area contributed by atoms with Crippen LogP contribution < -0.4 is 5.32 Å². The monoisotopic (exact) mass is 347 g/mol. The number of nitrogens with zero attached hydrogens (tertiary/aromatic N) is 2. The summed E-state index contributed by atoms with van der Waals surface area (Å²) in [5.74, 6) is -1.68. The molecule has 0 fully saturated rings. The van der Waals surface area contributed by atoms with Crippen LogP contribution in [0.4, 0.5) is 5.69 Å². The van der Waals surface area contributed by atoms with Crippen LogP contribution in [0.2, 0.25) is 0 Å². The fraction of sp³-hybridized carbons (Fsp3) is 0.200. The summed E-state index contributed by atoms with van der Waals surface area (Å²) in [4.78, 5) is 39.3. The summed E-state index contributed by atoms with van der Waals surface area (Å²) >= 11 is 0. The van der Waals surface area contributed by atoms with E-state index in [0.29, 0.717) is 22.4 Å². The van der Waals surface area contributed by atoms with E-state index in [1.807, 2.05) is 6.07 Å². The van der Waals surface area contributed by atoms with Crippen LogP contribution >= 0.6 is 0 Å². The van der Waals surface area contributed by atoms with Gasteiger partial charge in [0.05, 0.1) is 22.8 Å². The average molecular weight is 347 g/mol. The number of rotatable bonds is 4. The van der Waals surface area contributed by atoms with E-state index in [1.54, 1.807) is 56.3 Å². The average Bonchev–Trinajstić information content (AvgIpc) is 2.87. The van der Waals surface area contributed by atoms with Crippen molar-refractivity contribution in [2.24, 2.45) is 5.92 Å². The molecule has 0 aromatic heterocycles. The van der Waals surface area contributed by atoms with Crippen LogP contribution in [0.3, 0.4) is 0 Å². The summed E-state index contributed by atoms with van der Waals surface area (Å²) in [6, 6.07) is 14.1. The molecule has 0 bridgehead atoms. The van der Waals surface area contributed by atoms with Crippen molar-refractivity contribution in [2.75, 3.05) is 5.32 Å². The summed E-state index contributed by atoms with van der Waals surface area (Å²) in [5, 5.41) is 11.7. The highest BCUT2D eigenvalue weighted by Crippen LogP contribution is 2.27. The first-order valence-corrected chi connectivity index (χ1v) is 8.22. The lowest BCUT2D eigenvalue weighted by Crippen LogP contribution is -2.50. The van der Waals surface area contributed by atoms with Crippen LogP contribution in [0.1, 0.15) is 40.1 Å². The zero-order chi connectivity index (χ0) is 18.8. The van der Waals surface area contributed by atoms with Crippen molar-refractivity contribution in [3.05, 3.63) is 65.2 Å². The predicted molar refractivity (Wildman–Crippen MR) is 95.4 cm³/mol. The third-order valence-corrected chi connectivity index (χ3v) is 4.26. The number of nitriles is 1. The molecule has 0 unspecified atom stereocenters. The number of carbonyl (C=O) groups is 3. The largest absolute Gasteiger partial charge is 0.324 e. The van der Waals surface area contributed by atoms with E-state index in [-0.39, 0.29) is 5.92 Å². The zero-order valence-electron chi connectivity index (χ0n) is 14.4. The Kier molecular flexibility index (Phi) is 4.55. The van der Waals surface area contributed by atoms with Crippen molar-refractivity contribution in [2.45, 2.75) is 19.9 Å². The molecule has 0 saturated carbocycles. The number of nitrogens with one attached hydrogen (secondary N) is 1. The van der Waals surface area contributed by atoms with Crippen molar-refractivity contribution >= 4 is 23.4 Å². The number of imide groups is 1. The molecule has 6 heteroatoms. The van der Waals surface area contributed by atoms with E-state index >= 15 is 0 Å². The standard InChI is InChI=1S/C20H17N3O3/c1-12(2)17(18(24)22-14-7-5-6-13(10-14)11-21)23-19(25)15-8-3-4-9-16(15)20(23)26/h3-10,12,17H,1-2H3,(H,22,24)/t17-/m0/s1. The molecule has 1 atom stereocenters. The van der Waals surface area contributed by atoms with Gasteiger partial charge in [0, 0.05) is 5.69 Å². The van der Waals surface area contributed by atoms with E-state index in [4.69, 9.17) is 5.26 Å². The highest BCUT2D eigenvalue weighted by atomic mass is 16.2. The van der Waals surface area contributed by atoms with E-state index in [9.17, 15) is 14.4 Å². The molecule has 3 amide bonds. The molecule has 1 aliphatic heterocycles. The first-order chi connectivity index (χ1) is 12.4. The number of amides is 3. The number of anilines is 1. The van der Waals surface area contributed by atoms with Gasteiger partial charge in [0.2, 0.25) is 5.91 Å². The highest BCUT2D eigenvalue weighted by molar-refractivity contribution is 6.23. The lowest BCUT2D eigenvalue weighted by molar-refractivity contribution is -0.121. The summed E-state index contributed by atoms with van der Waals surface area (Å²) in [5.41, 5.74) is 1.46. The number of carbonyl (C=O) groups excluding carboxylic acids is 3. The topological polar surface area (TPSA) is 90.3 Å². The minimum absolute atomic E-state index is 0.281. The van der Waals surface area contributed by atoms with Crippen LogP contribution in [-0.4, -0.2) is 28.7 Å². The van der Waals surface area contributed by atoms with Crippen LogP contribution in [0, 0.1) is 17.2 Å². The molecular formula is C20H17N3O3. The Labute approximate surface area is 151 Å². The molecule has 26 heavy (non-hydrogen) atoms. The molecule has 1 heterocycles. The maximum Gasteiger partial charge on any atom is 0.262 e. The van der Waals surface area contributed by atoms with Gasteiger partial charge in [0.15, 0.2) is 0 Å². The van der Waals surface area contributed by atoms with Gasteiger partial charge in [-0.2, -0.15) is 5.26 Å². The first-order valence-electron chi connectivity index (χ1n) is 8.22. The van der Waals surface area contributed by atoms with E-state index < -0.39 is 23.8 Å². The second kappa shape index (κ2) is 6.81. The van der Waals surface area contributed by atoms with E-state index in [0.717, 1.165) is 4.90 Å². The Morgan fingerprint density at radius 2 is 1.65 bits per heavy atom. The lowest BCUT2D eigenvalue weighted by atomic mass is 10.0. The van der Waals surface area contributed by atoms with Crippen molar-refractivity contribution in [3.63, 3.8) is 0 Å². The molecule has 2 aromatic carbocycles. The second-order valence-electron chi connectivity index (χ2n) is 6.40. The normalized spacial score (nSPS) is 14.2. The molecule has 0 aliphatic carbocycles. The van der Waals surface area contributed by atoms with Crippen molar-refractivity contribution in [1.82, 2.24) is 4.90 Å². The Hall–Kier alpha value is -3.46. The Morgan fingerprint density at radius 3 is 2.19 bits per heavy atom. The molecule has 1 aliphatic rings. The Bertz CT molecular complexity index is 908. The number of fused-ring (bicyclic) bond motifs is 1. The maximum atomic E-state index is 12.8. The third kappa shape index (κ3) is 2.95. The molecule has 0 radical (unpaired) electrons. The van der Waals surface area contributed by atoms with Gasteiger partial charge in [-0.1, -0.05) is 32.0 Å². The number of hydrogen-bond acceptors (Lipinski definition) is 4. The molecule has 0 spiro atoms. The minimum Gasteiger partial charge on any atom is -0.324 e. The summed E-state index contributed by atoms with van der Waals surface area (Å²) in [6.45, 7) is 3.55. The van der Waals surface area contributed by atoms with E-state index in [2.05, 4.69) is 5.32 Å². The van der Waals surface area contributed by atoms with Crippen LogP contribution in [0.25, 0.3) is 0 Å². The smallest absolute Gasteiger partial charge is 0.262 e. The Balaban J connectivity index is 1.90. The molecule has 6 nitrogen and oxygen atoms in total. The zero-order valence-corrected chi connectivity index (χ0v) is 14.4. The quantitative estimate of drug-likeness (QED) is 0.861. The van der Waals surface area contributed by atoms with Gasteiger partial charge in [-0.05, 0) is 36.2 Å². The fourth-order valence-electron chi connectivity index (χ4n) is 3.06. The fourth-order valence-corrected chi connectivity index (χ4v) is 3.06. The molecular weight excluding hydrogens is 330 g/mol. The van der Waals surface area contributed by atoms with Gasteiger partial charge in [-0.15, -0.1) is 0 Å². The Morgan fingerprint density at radius 1 is 1.04 bits per heavy atom. The van der Waals surface area contributed by atoms with Gasteiger partial charge in [0.1, 0.15) is 6.04 Å². The van der Waals surface area contributed by atoms with Crippen LogP contribution in [-0.2, 0) is 4.79 Å². The molecule has 1 N–H and O–H groups in total. The summed E-state index contributed by atoms with van der Waals surface area (Å²) < 4.78 is 0. The van der Waals surface area contributed by atoms with Gasteiger partial charge < -0.3 is 5.32 Å². The molecule has 0 saturated heterocycles. The van der Waals surface area contributed by atoms with Gasteiger partial charge >= 0.3 is 0 Å². The van der Waals surface area contributed by atoms with Crippen LogP contribution in [0.5, 0.6) is 0 Å². The first kappa shape index (κ1) is 17.4. The van der Waals surface area contributed by atoms with Crippen LogP contribution in [0.15, 0.2) is 48.5 Å². The summed E-state index contributed by atoms with van der Waals surface area (Å²) in [6.07, 6.45) is 0. The SMILES string of the molecule is CC(C)[C@@H](C(=O)Nc1cccc(C#N)c1)N1C(=O)c2ccccc2C1=O. The maximum absolute atomic E-state index is 12.8.